The number of hydrogen-bond donors (Lipinski definition) is 2. The second-order valence-corrected chi connectivity index (χ2v) is 39.8. The van der Waals surface area contributed by atoms with Gasteiger partial charge in [-0.25, -0.2) is 0 Å². The summed E-state index contributed by atoms with van der Waals surface area (Å²) in [6.45, 7) is 60.5. The van der Waals surface area contributed by atoms with Gasteiger partial charge in [-0.2, -0.15) is 0 Å². The Morgan fingerprint density at radius 2 is 0.483 bits per heavy atom. The maximum absolute atomic E-state index is 5.60. The lowest BCUT2D eigenvalue weighted by Gasteiger charge is -2.19. The molecule has 12 aromatic rings. The average Bonchev–Trinajstić information content (AvgIpc) is 0.848. The van der Waals surface area contributed by atoms with Crippen molar-refractivity contribution in [1.82, 2.24) is 0 Å². The minimum Gasteiger partial charge on any atom is -0.497 e. The predicted molar refractivity (Wildman–Crippen MR) is 679 cm³/mol. The van der Waals surface area contributed by atoms with Crippen LogP contribution in [0.25, 0.3) is 0 Å². The van der Waals surface area contributed by atoms with Gasteiger partial charge >= 0.3 is 0 Å². The molecule has 818 valence electrons. The molecule has 145 heavy (non-hydrogen) atoms. The Labute approximate surface area is 902 Å². The highest BCUT2D eigenvalue weighted by Crippen LogP contribution is 2.29. The van der Waals surface area contributed by atoms with Gasteiger partial charge in [0.25, 0.3) is 0 Å². The summed E-state index contributed by atoms with van der Waals surface area (Å²) in [5.41, 5.74) is 34.8. The van der Waals surface area contributed by atoms with Crippen molar-refractivity contribution < 1.29 is 4.74 Å². The van der Waals surface area contributed by atoms with E-state index in [9.17, 15) is 0 Å². The lowest BCUT2D eigenvalue weighted by molar-refractivity contribution is 0.414. The molecule has 9 nitrogen and oxygen atoms in total. The molecule has 0 spiro atoms. The predicted octanol–water partition coefficient (Wildman–Crippen LogP) is 41.5. The fourth-order valence-corrected chi connectivity index (χ4v) is 13.3. The molecule has 0 fully saturated rings. The van der Waals surface area contributed by atoms with Gasteiger partial charge in [0, 0.05) is 137 Å². The summed E-state index contributed by atoms with van der Waals surface area (Å²) in [5.74, 6) is 8.41. The number of nitrogen functional groups attached to an aromatic ring is 1. The zero-order valence-electron chi connectivity index (χ0n) is 92.3. The number of methoxy groups -OCH3 is 1. The fourth-order valence-electron chi connectivity index (χ4n) is 13.3. The molecule has 0 saturated carbocycles. The summed E-state index contributed by atoms with van der Waals surface area (Å²) in [4.78, 5) is 12.9. The van der Waals surface area contributed by atoms with Gasteiger partial charge in [-0.05, 0) is 261 Å². The van der Waals surface area contributed by atoms with Crippen LogP contribution in [0.1, 0.15) is 403 Å². The van der Waals surface area contributed by atoms with Crippen molar-refractivity contribution in [1.29, 1.82) is 0 Å². The van der Waals surface area contributed by atoms with E-state index in [1.165, 1.54) is 124 Å². The number of nitrogens with two attached hydrogens (primary N) is 1. The Morgan fingerprint density at radius 3 is 0.717 bits per heavy atom. The van der Waals surface area contributed by atoms with Crippen LogP contribution in [-0.4, -0.2) is 98.2 Å². The van der Waals surface area contributed by atoms with E-state index in [2.05, 4.69) is 560 Å². The summed E-state index contributed by atoms with van der Waals surface area (Å²) in [6.07, 6.45) is 1.20. The third kappa shape index (κ3) is 65.1. The Morgan fingerprint density at radius 1 is 0.241 bits per heavy atom. The van der Waals surface area contributed by atoms with Gasteiger partial charge in [-0.1, -0.05) is 453 Å². The maximum Gasteiger partial charge on any atom is 0.118 e. The summed E-state index contributed by atoms with van der Waals surface area (Å²) < 4.78 is 5.05. The molecule has 0 aliphatic carbocycles. The molecule has 0 amide bonds. The third-order valence-electron chi connectivity index (χ3n) is 23.1. The highest BCUT2D eigenvalue weighted by atomic mass is 16.5. The lowest BCUT2D eigenvalue weighted by Crippen LogP contribution is -2.17. The molecule has 0 atom stereocenters. The number of rotatable bonds is 22. The number of anilines is 8. The first-order valence-corrected chi connectivity index (χ1v) is 49.7. The molecule has 0 radical (unpaired) electrons. The molecule has 0 saturated heterocycles. The summed E-state index contributed by atoms with van der Waals surface area (Å²) in [7, 11) is 26.4. The normalized spacial score (nSPS) is 9.66. The van der Waals surface area contributed by atoms with Crippen LogP contribution in [-0.2, 0) is 0 Å². The summed E-state index contributed by atoms with van der Waals surface area (Å²) in [6, 6.07) is 105. The Kier molecular flexibility index (Phi) is 90.3. The number of benzene rings is 12. The van der Waals surface area contributed by atoms with Crippen molar-refractivity contribution in [2.45, 2.75) is 339 Å². The van der Waals surface area contributed by atoms with Crippen molar-refractivity contribution in [3.05, 3.63) is 375 Å². The monoisotopic (exact) mass is 1990 g/mol. The molecule has 9 heteroatoms. The number of ether oxygens (including phenoxy) is 1. The first-order valence-electron chi connectivity index (χ1n) is 49.7. The van der Waals surface area contributed by atoms with Gasteiger partial charge in [0.1, 0.15) is 5.75 Å². The second-order valence-electron chi connectivity index (χ2n) is 39.8. The van der Waals surface area contributed by atoms with E-state index in [0.29, 0.717) is 71.0 Å². The molecule has 3 N–H and O–H groups in total. The molecule has 0 aromatic heterocycles. The van der Waals surface area contributed by atoms with E-state index >= 15 is 0 Å². The standard InChI is InChI=1S/C13H21N.5C11H17N.C10H15N.C10H14O.2C10H14.C9H13N.C9H12.10CH4/c1-5-10-14(4)13-8-6-12(7-9-13)11(2)3;3*1-9(2)10-5-7-11(8-6-10)12(3)4;1-9(2)10-6-5-7-11(8-10)12(3)4;1-9(2)10-7-5-6-8-11(10)12(3)4;2*1-8(2)9-4-6-10(11-3)7-5-9;2*1-8(2)10-6-4-9(3)5-7-10;1-7(2)8-4-3-5-9(10)6-8;1-8(2)9-6-4-3-5-7-9;;;;;;;;;;/h6-9,11H,5,10H2,1-4H3;5*5-9H,1-4H3;4-8,11H,1-3H3;4-8H,1-3H3;2*4-8H,1-3H3;3-7H,10H2,1-2H3;3-8H,1-2H3;10*1H4. The molecule has 12 rings (SSSR count). The van der Waals surface area contributed by atoms with E-state index in [-0.39, 0.29) is 74.3 Å². The quantitative estimate of drug-likeness (QED) is 0.0646. The van der Waals surface area contributed by atoms with Crippen LogP contribution in [0.5, 0.6) is 5.75 Å². The maximum atomic E-state index is 5.60. The van der Waals surface area contributed by atoms with Crippen molar-refractivity contribution in [2.75, 3.05) is 139 Å². The van der Waals surface area contributed by atoms with Gasteiger partial charge in [0.15, 0.2) is 0 Å². The van der Waals surface area contributed by atoms with Crippen LogP contribution in [0.4, 0.5) is 45.5 Å². The lowest BCUT2D eigenvalue weighted by atomic mass is 10.0. The minimum atomic E-state index is 0. The number of nitrogens with one attached hydrogen (secondary N) is 1. The van der Waals surface area contributed by atoms with Crippen LogP contribution < -0.4 is 45.2 Å². The summed E-state index contributed by atoms with van der Waals surface area (Å²) >= 11 is 0. The van der Waals surface area contributed by atoms with E-state index in [4.69, 9.17) is 10.5 Å². The Hall–Kier alpha value is -11.2. The van der Waals surface area contributed by atoms with Gasteiger partial charge < -0.3 is 45.2 Å². The van der Waals surface area contributed by atoms with Gasteiger partial charge in [0.05, 0.1) is 7.11 Å². The minimum absolute atomic E-state index is 0. The zero-order valence-corrected chi connectivity index (χ0v) is 92.3. The highest BCUT2D eigenvalue weighted by Gasteiger charge is 2.10. The number of hydrogen-bond acceptors (Lipinski definition) is 9. The molecule has 0 aliphatic heterocycles. The molecule has 0 aliphatic rings. The summed E-state index contributed by atoms with van der Waals surface area (Å²) in [5, 5.41) is 3.09. The topological polar surface area (TPSA) is 66.7 Å². The molecule has 12 aromatic carbocycles. The smallest absolute Gasteiger partial charge is 0.118 e. The van der Waals surface area contributed by atoms with Crippen molar-refractivity contribution >= 4 is 45.5 Å². The van der Waals surface area contributed by atoms with E-state index < -0.39 is 0 Å². The third-order valence-corrected chi connectivity index (χ3v) is 23.1. The van der Waals surface area contributed by atoms with Crippen LogP contribution in [0.2, 0.25) is 0 Å². The SMILES string of the molecule is C.C.C.C.C.C.C.C.C.C.CC(C)c1ccc(N(C)C)cc1.CC(C)c1ccc(N(C)C)cc1.CC(C)c1ccc(N(C)C)cc1.CC(C)c1cccc(N(C)C)c1.CC(C)c1cccc(N)c1.CC(C)c1ccccc1.CC(C)c1ccccc1N(C)C.CCCN(C)c1ccc(C(C)C)cc1.CNc1ccc(C(C)C)cc1.COc1ccc(C(C)C)cc1.Cc1ccc(C(C)C)cc1.Cc1ccc(C(C)C)cc1. The first kappa shape index (κ1) is 154. The largest absolute Gasteiger partial charge is 0.497 e. The number of nitrogens with zero attached hydrogens (tertiary/aromatic N) is 6. The Bertz CT molecular complexity index is 4560. The first-order chi connectivity index (χ1) is 63.6. The number of aryl methyl sites for hydroxylation is 2. The van der Waals surface area contributed by atoms with E-state index in [1.54, 1.807) is 7.11 Å². The second kappa shape index (κ2) is 85.0. The van der Waals surface area contributed by atoms with Crippen molar-refractivity contribution in [3.8, 4) is 5.75 Å². The fraction of sp³-hybridized carbons (Fsp3) is 0.471. The van der Waals surface area contributed by atoms with Crippen LogP contribution in [0, 0.1) is 13.8 Å². The van der Waals surface area contributed by atoms with Crippen molar-refractivity contribution in [2.24, 2.45) is 0 Å². The molecular formula is C136H228N8O. The van der Waals surface area contributed by atoms with Crippen LogP contribution >= 0.6 is 0 Å². The average molecular weight is 1990 g/mol. The molecular weight excluding hydrogens is 1760 g/mol. The highest BCUT2D eigenvalue weighted by molar-refractivity contribution is 5.55. The molecule has 0 heterocycles. The molecule has 0 bridgehead atoms. The Balaban J connectivity index is -0.000000171. The van der Waals surface area contributed by atoms with E-state index in [0.717, 1.165) is 18.0 Å². The van der Waals surface area contributed by atoms with Gasteiger partial charge in [-0.3, -0.25) is 0 Å². The zero-order chi connectivity index (χ0) is 102. The molecule has 0 unspecified atom stereocenters. The van der Waals surface area contributed by atoms with Crippen molar-refractivity contribution in [3.63, 3.8) is 0 Å². The van der Waals surface area contributed by atoms with E-state index in [1.807, 2.05) is 43.4 Å². The van der Waals surface area contributed by atoms with Crippen LogP contribution in [0.3, 0.4) is 0 Å². The number of para-hydroxylation sites is 1. The van der Waals surface area contributed by atoms with Gasteiger partial charge in [0.2, 0.25) is 0 Å². The van der Waals surface area contributed by atoms with Crippen LogP contribution in [0.15, 0.2) is 297 Å². The van der Waals surface area contributed by atoms with Gasteiger partial charge in [-0.15, -0.1) is 0 Å².